The molecule has 8 nitrogen and oxygen atoms in total. The van der Waals surface area contributed by atoms with E-state index in [1.54, 1.807) is 12.1 Å². The Labute approximate surface area is 243 Å². The topological polar surface area (TPSA) is 95.5 Å². The molecule has 0 bridgehead atoms. The molecule has 3 aliphatic rings. The highest BCUT2D eigenvalue weighted by atomic mass is 28.4. The van der Waals surface area contributed by atoms with Crippen LogP contribution in [0.1, 0.15) is 44.7 Å². The highest BCUT2D eigenvalue weighted by Gasteiger charge is 2.70. The van der Waals surface area contributed by atoms with Crippen molar-refractivity contribution in [3.63, 3.8) is 0 Å². The lowest BCUT2D eigenvalue weighted by atomic mass is 9.89. The molecule has 42 heavy (non-hydrogen) atoms. The van der Waals surface area contributed by atoms with Gasteiger partial charge in [-0.1, -0.05) is 57.2 Å². The lowest BCUT2D eigenvalue weighted by Gasteiger charge is -2.39. The molecule has 1 saturated heterocycles. The van der Waals surface area contributed by atoms with Gasteiger partial charge in [0.1, 0.15) is 17.5 Å². The zero-order valence-corrected chi connectivity index (χ0v) is 25.4. The van der Waals surface area contributed by atoms with Gasteiger partial charge in [0, 0.05) is 12.7 Å². The average Bonchev–Trinajstić information content (AvgIpc) is 3.39. The summed E-state index contributed by atoms with van der Waals surface area (Å²) in [6.45, 7) is 11.1. The monoisotopic (exact) mass is 604 g/mol. The number of nitrogens with one attached hydrogen (secondary N) is 1. The van der Waals surface area contributed by atoms with Gasteiger partial charge in [0.15, 0.2) is 14.2 Å². The number of methoxy groups -OCH3 is 1. The summed E-state index contributed by atoms with van der Waals surface area (Å²) in [4.78, 5) is 31.1. The van der Waals surface area contributed by atoms with Crippen LogP contribution in [0.5, 0.6) is 5.75 Å². The number of halogens is 3. The Morgan fingerprint density at radius 1 is 1.12 bits per heavy atom. The first-order chi connectivity index (χ1) is 19.6. The van der Waals surface area contributed by atoms with Gasteiger partial charge >= 0.3 is 12.1 Å². The molecule has 12 heteroatoms. The number of amidine groups is 1. The first kappa shape index (κ1) is 30.2. The van der Waals surface area contributed by atoms with Gasteiger partial charge in [-0.2, -0.15) is 13.2 Å². The van der Waals surface area contributed by atoms with E-state index in [0.717, 1.165) is 24.8 Å². The van der Waals surface area contributed by atoms with Crippen LogP contribution in [-0.2, 0) is 35.7 Å². The molecule has 0 unspecified atom stereocenters. The molecule has 1 spiro atoms. The first-order valence-electron chi connectivity index (χ1n) is 13.8. The maximum absolute atomic E-state index is 14.5. The number of amides is 1. The van der Waals surface area contributed by atoms with Gasteiger partial charge in [0.2, 0.25) is 11.5 Å². The predicted octanol–water partition coefficient (Wildman–Crippen LogP) is 5.93. The summed E-state index contributed by atoms with van der Waals surface area (Å²) in [6, 6.07) is 11.9. The molecule has 2 aliphatic heterocycles. The van der Waals surface area contributed by atoms with Crippen molar-refractivity contribution in [1.29, 1.82) is 0 Å². The third-order valence-corrected chi connectivity index (χ3v) is 13.5. The maximum Gasteiger partial charge on any atom is 0.432 e. The summed E-state index contributed by atoms with van der Waals surface area (Å²) in [5.74, 6) is -2.40. The minimum Gasteiger partial charge on any atom is -0.472 e. The number of ether oxygens (including phenoxy) is 3. The molecule has 5 rings (SSSR count). The fraction of sp³-hybridized carbons (Fsp3) is 0.500. The number of alkyl halides is 3. The second-order valence-corrected chi connectivity index (χ2v) is 17.3. The van der Waals surface area contributed by atoms with Crippen molar-refractivity contribution in [1.82, 2.24) is 5.32 Å². The predicted molar refractivity (Wildman–Crippen MR) is 151 cm³/mol. The summed E-state index contributed by atoms with van der Waals surface area (Å²) in [7, 11) is -1.21. The van der Waals surface area contributed by atoms with E-state index in [-0.39, 0.29) is 23.7 Å². The van der Waals surface area contributed by atoms with Gasteiger partial charge in [-0.3, -0.25) is 4.79 Å². The van der Waals surface area contributed by atoms with Gasteiger partial charge in [-0.25, -0.2) is 9.79 Å². The van der Waals surface area contributed by atoms with E-state index in [0.29, 0.717) is 18.0 Å². The zero-order chi connectivity index (χ0) is 30.7. The van der Waals surface area contributed by atoms with Crippen molar-refractivity contribution < 1.29 is 41.4 Å². The fourth-order valence-corrected chi connectivity index (χ4v) is 6.53. The van der Waals surface area contributed by atoms with Crippen molar-refractivity contribution in [3.05, 3.63) is 59.7 Å². The van der Waals surface area contributed by atoms with Gasteiger partial charge in [0.05, 0.1) is 12.5 Å². The van der Waals surface area contributed by atoms with Crippen LogP contribution in [0.3, 0.4) is 0 Å². The second kappa shape index (κ2) is 10.2. The Balaban J connectivity index is 1.46. The number of carbonyl (C=O) groups is 2. The minimum atomic E-state index is -5.14. The van der Waals surface area contributed by atoms with Crippen LogP contribution in [0.2, 0.25) is 18.1 Å². The number of fused-ring (bicyclic) bond motifs is 1. The van der Waals surface area contributed by atoms with E-state index in [2.05, 4.69) is 44.2 Å². The zero-order valence-electron chi connectivity index (χ0n) is 24.4. The van der Waals surface area contributed by atoms with Crippen LogP contribution in [0.4, 0.5) is 18.9 Å². The molecule has 2 fully saturated rings. The van der Waals surface area contributed by atoms with E-state index in [9.17, 15) is 22.8 Å². The number of rotatable bonds is 7. The van der Waals surface area contributed by atoms with E-state index >= 15 is 0 Å². The van der Waals surface area contributed by atoms with Crippen LogP contribution in [0.25, 0.3) is 0 Å². The highest BCUT2D eigenvalue weighted by molar-refractivity contribution is 6.74. The molecule has 2 aromatic rings. The van der Waals surface area contributed by atoms with Crippen molar-refractivity contribution >= 4 is 31.7 Å². The number of aliphatic imine (C=N–C) groups is 1. The standard InChI is InChI=1S/C30H35F3N2O6Si/c1-27(2,3)42(5,6)39-17-18-12-14-22-21(16-18)34-25-28(41-22)20(24(36)35-25)13-15-23(28)40-26(37)29(38-4,30(31,32)33)19-10-8-7-9-11-19/h7-12,14,16,20,23H,13,15,17H2,1-6H3,(H,34,35,36)/t20-,23-,28-,29-/m1/s1. The second-order valence-electron chi connectivity index (χ2n) is 12.5. The molecule has 2 heterocycles. The van der Waals surface area contributed by atoms with Crippen molar-refractivity contribution in [2.75, 3.05) is 7.11 Å². The summed E-state index contributed by atoms with van der Waals surface area (Å²) >= 11 is 0. The van der Waals surface area contributed by atoms with Gasteiger partial charge in [-0.15, -0.1) is 0 Å². The molecule has 1 aliphatic carbocycles. The van der Waals surface area contributed by atoms with Crippen molar-refractivity contribution in [2.45, 2.75) is 81.8 Å². The normalized spacial score (nSPS) is 24.9. The largest absolute Gasteiger partial charge is 0.472 e. The Bertz CT molecular complexity index is 1420. The lowest BCUT2D eigenvalue weighted by molar-refractivity contribution is -0.279. The van der Waals surface area contributed by atoms with Crippen molar-refractivity contribution in [2.24, 2.45) is 10.9 Å². The summed E-state index contributed by atoms with van der Waals surface area (Å²) in [5.41, 5.74) is -4.08. The van der Waals surface area contributed by atoms with E-state index in [1.807, 2.05) is 6.07 Å². The van der Waals surface area contributed by atoms with Crippen LogP contribution in [0, 0.1) is 5.92 Å². The number of esters is 1. The fourth-order valence-electron chi connectivity index (χ4n) is 5.57. The average molecular weight is 605 g/mol. The summed E-state index contributed by atoms with van der Waals surface area (Å²) < 4.78 is 66.8. The summed E-state index contributed by atoms with van der Waals surface area (Å²) in [5, 5.41) is 2.75. The Hall–Kier alpha value is -3.22. The summed E-state index contributed by atoms with van der Waals surface area (Å²) in [6.07, 6.45) is -6.04. The molecule has 226 valence electrons. The van der Waals surface area contributed by atoms with Gasteiger partial charge < -0.3 is 24.0 Å². The third-order valence-electron chi connectivity index (χ3n) is 9.00. The highest BCUT2D eigenvalue weighted by Crippen LogP contribution is 2.52. The number of carbonyl (C=O) groups excluding carboxylic acids is 2. The Morgan fingerprint density at radius 3 is 2.43 bits per heavy atom. The van der Waals surface area contributed by atoms with Crippen LogP contribution >= 0.6 is 0 Å². The number of nitrogens with zero attached hydrogens (tertiary/aromatic N) is 1. The van der Waals surface area contributed by atoms with Crippen molar-refractivity contribution in [3.8, 4) is 5.75 Å². The van der Waals surface area contributed by atoms with Crippen LogP contribution in [-0.4, -0.2) is 51.0 Å². The molecule has 1 amide bonds. The lowest BCUT2D eigenvalue weighted by Crippen LogP contribution is -2.59. The van der Waals surface area contributed by atoms with Gasteiger partial charge in [0.25, 0.3) is 5.60 Å². The molecule has 0 aromatic heterocycles. The number of benzene rings is 2. The molecule has 0 radical (unpaired) electrons. The van der Waals surface area contributed by atoms with E-state index < -0.39 is 55.2 Å². The minimum absolute atomic E-state index is 0.0298. The van der Waals surface area contributed by atoms with E-state index in [4.69, 9.17) is 18.6 Å². The Kier molecular flexibility index (Phi) is 7.34. The van der Waals surface area contributed by atoms with Crippen LogP contribution in [0.15, 0.2) is 53.5 Å². The smallest absolute Gasteiger partial charge is 0.432 e. The molecule has 4 atom stereocenters. The molecule has 2 aromatic carbocycles. The van der Waals surface area contributed by atoms with Crippen LogP contribution < -0.4 is 10.1 Å². The first-order valence-corrected chi connectivity index (χ1v) is 16.7. The maximum atomic E-state index is 14.5. The number of hydrogen-bond acceptors (Lipinski definition) is 7. The van der Waals surface area contributed by atoms with E-state index in [1.165, 1.54) is 18.2 Å². The molecular formula is C30H35F3N2O6Si. The SMILES string of the molecule is CO[C@@](C(=O)O[C@@H]1CC[C@@H]2C(=O)NC3=Nc4cc(CO[Si](C)(C)C(C)(C)C)ccc4O[C@]321)(c1ccccc1)C(F)(F)F. The number of hydrogen-bond donors (Lipinski definition) is 1. The molecule has 1 N–H and O–H groups in total. The third kappa shape index (κ3) is 4.64. The quantitative estimate of drug-likeness (QED) is 0.311. The van der Waals surface area contributed by atoms with Gasteiger partial charge in [-0.05, 0) is 48.7 Å². The molecular weight excluding hydrogens is 569 g/mol. The molecule has 1 saturated carbocycles. The Morgan fingerprint density at radius 2 is 1.81 bits per heavy atom.